The van der Waals surface area contributed by atoms with Crippen molar-refractivity contribution in [3.05, 3.63) is 64.9 Å². The number of nitrogens with zero attached hydrogens (tertiary/aromatic N) is 3. The van der Waals surface area contributed by atoms with Crippen LogP contribution in [-0.2, 0) is 4.79 Å². The van der Waals surface area contributed by atoms with Crippen LogP contribution < -0.4 is 10.2 Å². The first-order valence-corrected chi connectivity index (χ1v) is 11.2. The molecule has 162 valence electrons. The number of pyridine rings is 1. The molecule has 0 unspecified atom stereocenters. The normalized spacial score (nSPS) is 18.6. The van der Waals surface area contributed by atoms with Crippen molar-refractivity contribution in [1.82, 2.24) is 15.2 Å². The zero-order chi connectivity index (χ0) is 22.2. The van der Waals surface area contributed by atoms with Gasteiger partial charge in [-0.3, -0.25) is 19.9 Å². The molecular formula is C24H21FN4O2S. The number of hydrogen-bond acceptors (Lipinski definition) is 6. The molecule has 8 heteroatoms. The summed E-state index contributed by atoms with van der Waals surface area (Å²) < 4.78 is 15.1. The molecule has 2 aliphatic heterocycles. The lowest BCUT2D eigenvalue weighted by molar-refractivity contribution is -0.115. The van der Waals surface area contributed by atoms with Crippen molar-refractivity contribution in [2.24, 2.45) is 0 Å². The van der Waals surface area contributed by atoms with Gasteiger partial charge < -0.3 is 9.80 Å². The summed E-state index contributed by atoms with van der Waals surface area (Å²) in [5, 5.41) is 2.73. The highest BCUT2D eigenvalue weighted by atomic mass is 32.2. The van der Waals surface area contributed by atoms with Crippen molar-refractivity contribution in [2.45, 2.75) is 0 Å². The minimum atomic E-state index is -0.395. The first kappa shape index (κ1) is 20.7. The van der Waals surface area contributed by atoms with Crippen LogP contribution in [0.2, 0.25) is 0 Å². The lowest BCUT2D eigenvalue weighted by atomic mass is 9.99. The summed E-state index contributed by atoms with van der Waals surface area (Å²) in [7, 11) is 2.07. The Labute approximate surface area is 189 Å². The second-order valence-corrected chi connectivity index (χ2v) is 8.96. The Balaban J connectivity index is 1.51. The summed E-state index contributed by atoms with van der Waals surface area (Å²) in [5.74, 6) is -0.638. The number of rotatable bonds is 3. The zero-order valence-electron chi connectivity index (χ0n) is 17.5. The van der Waals surface area contributed by atoms with E-state index in [1.165, 1.54) is 0 Å². The smallest absolute Gasteiger partial charge is 0.290 e. The van der Waals surface area contributed by atoms with E-state index in [2.05, 4.69) is 27.1 Å². The predicted octanol–water partition coefficient (Wildman–Crippen LogP) is 4.12. The van der Waals surface area contributed by atoms with Gasteiger partial charge in [0.05, 0.1) is 16.1 Å². The summed E-state index contributed by atoms with van der Waals surface area (Å²) in [6.07, 6.45) is 3.39. The number of thioether (sulfide) groups is 1. The van der Waals surface area contributed by atoms with E-state index in [-0.39, 0.29) is 11.1 Å². The van der Waals surface area contributed by atoms with Crippen LogP contribution in [0.4, 0.5) is 14.9 Å². The molecule has 3 aromatic rings. The number of halogens is 1. The molecule has 2 saturated heterocycles. The fourth-order valence-electron chi connectivity index (χ4n) is 4.06. The molecular weight excluding hydrogens is 427 g/mol. The van der Waals surface area contributed by atoms with Crippen LogP contribution in [0.1, 0.15) is 5.56 Å². The lowest BCUT2D eigenvalue weighted by Gasteiger charge is -2.34. The second kappa shape index (κ2) is 8.37. The van der Waals surface area contributed by atoms with Crippen LogP contribution in [0, 0.1) is 5.82 Å². The average Bonchev–Trinajstić information content (AvgIpc) is 3.10. The number of fused-ring (bicyclic) bond motifs is 1. The van der Waals surface area contributed by atoms with Gasteiger partial charge in [-0.2, -0.15) is 0 Å². The maximum atomic E-state index is 15.1. The minimum Gasteiger partial charge on any atom is -0.367 e. The Morgan fingerprint density at radius 2 is 1.88 bits per heavy atom. The van der Waals surface area contributed by atoms with Crippen LogP contribution in [0.5, 0.6) is 0 Å². The van der Waals surface area contributed by atoms with Crippen molar-refractivity contribution in [3.8, 4) is 11.1 Å². The molecule has 1 aromatic heterocycles. The average molecular weight is 449 g/mol. The topological polar surface area (TPSA) is 65.5 Å². The Bertz CT molecular complexity index is 1270. The number of piperazine rings is 1. The summed E-state index contributed by atoms with van der Waals surface area (Å²) in [4.78, 5) is 32.4. The molecule has 0 radical (unpaired) electrons. The van der Waals surface area contributed by atoms with Gasteiger partial charge in [-0.1, -0.05) is 12.1 Å². The quantitative estimate of drug-likeness (QED) is 0.608. The molecule has 0 bridgehead atoms. The third-order valence-corrected chi connectivity index (χ3v) is 6.62. The molecule has 0 saturated carbocycles. The number of hydrogen-bond donors (Lipinski definition) is 1. The van der Waals surface area contributed by atoms with Gasteiger partial charge in [-0.25, -0.2) is 4.39 Å². The number of imide groups is 1. The highest BCUT2D eigenvalue weighted by Crippen LogP contribution is 2.33. The van der Waals surface area contributed by atoms with Crippen LogP contribution in [0.25, 0.3) is 28.1 Å². The van der Waals surface area contributed by atoms with E-state index in [1.807, 2.05) is 36.4 Å². The van der Waals surface area contributed by atoms with Gasteiger partial charge in [0.15, 0.2) is 0 Å². The molecule has 0 atom stereocenters. The summed E-state index contributed by atoms with van der Waals surface area (Å²) in [6.45, 7) is 3.43. The van der Waals surface area contributed by atoms with Crippen molar-refractivity contribution < 1.29 is 14.0 Å². The number of amides is 2. The van der Waals surface area contributed by atoms with Crippen LogP contribution in [0.15, 0.2) is 53.6 Å². The predicted molar refractivity (Wildman–Crippen MR) is 126 cm³/mol. The maximum Gasteiger partial charge on any atom is 0.290 e. The van der Waals surface area contributed by atoms with E-state index in [9.17, 15) is 9.59 Å². The van der Waals surface area contributed by atoms with Crippen molar-refractivity contribution in [1.29, 1.82) is 0 Å². The van der Waals surface area contributed by atoms with Gasteiger partial charge >= 0.3 is 0 Å². The number of likely N-dealkylation sites (N-methyl/N-ethyl adjacent to an activating group) is 1. The van der Waals surface area contributed by atoms with E-state index in [4.69, 9.17) is 0 Å². The van der Waals surface area contributed by atoms with E-state index in [1.54, 1.807) is 18.3 Å². The highest BCUT2D eigenvalue weighted by molar-refractivity contribution is 8.18. The summed E-state index contributed by atoms with van der Waals surface area (Å²) >= 11 is 0.880. The van der Waals surface area contributed by atoms with Gasteiger partial charge in [0.1, 0.15) is 5.82 Å². The Kier molecular flexibility index (Phi) is 5.40. The fourth-order valence-corrected chi connectivity index (χ4v) is 4.74. The SMILES string of the molecule is CN1CCN(c2ccc(-c3ccnc4ccc(C=C5SC(=O)NC5=O)cc34)cc2F)CC1. The van der Waals surface area contributed by atoms with Crippen LogP contribution >= 0.6 is 11.8 Å². The summed E-state index contributed by atoms with van der Waals surface area (Å²) in [6, 6.07) is 12.8. The van der Waals surface area contributed by atoms with Gasteiger partial charge in [0.25, 0.3) is 11.1 Å². The lowest BCUT2D eigenvalue weighted by Crippen LogP contribution is -2.44. The van der Waals surface area contributed by atoms with E-state index >= 15 is 4.39 Å². The largest absolute Gasteiger partial charge is 0.367 e. The molecule has 2 fully saturated rings. The van der Waals surface area contributed by atoms with E-state index in [0.717, 1.165) is 65.5 Å². The maximum absolute atomic E-state index is 15.1. The molecule has 1 N–H and O–H groups in total. The second-order valence-electron chi connectivity index (χ2n) is 7.94. The summed E-state index contributed by atoms with van der Waals surface area (Å²) in [5.41, 5.74) is 3.79. The fraction of sp³-hybridized carbons (Fsp3) is 0.208. The molecule has 2 aromatic carbocycles. The number of benzene rings is 2. The molecule has 3 heterocycles. The minimum absolute atomic E-state index is 0.243. The molecule has 5 rings (SSSR count). The Morgan fingerprint density at radius 1 is 1.06 bits per heavy atom. The van der Waals surface area contributed by atoms with Gasteiger partial charge in [-0.15, -0.1) is 0 Å². The number of aromatic nitrogens is 1. The van der Waals surface area contributed by atoms with Crippen LogP contribution in [-0.4, -0.2) is 54.3 Å². The molecule has 6 nitrogen and oxygen atoms in total. The van der Waals surface area contributed by atoms with Crippen molar-refractivity contribution in [3.63, 3.8) is 0 Å². The standard InChI is InChI=1S/C24H21FN4O2S/c1-28-8-10-29(11-9-28)21-5-3-16(14-19(21)25)17-6-7-26-20-4-2-15(12-18(17)20)13-22-23(30)27-24(31)32-22/h2-7,12-14H,8-11H2,1H3,(H,27,30,31). The molecule has 2 aliphatic rings. The molecule has 32 heavy (non-hydrogen) atoms. The molecule has 0 spiro atoms. The van der Waals surface area contributed by atoms with Crippen molar-refractivity contribution in [2.75, 3.05) is 38.1 Å². The first-order chi connectivity index (χ1) is 15.5. The first-order valence-electron chi connectivity index (χ1n) is 10.3. The third kappa shape index (κ3) is 3.99. The molecule has 2 amide bonds. The monoisotopic (exact) mass is 448 g/mol. The van der Waals surface area contributed by atoms with E-state index in [0.29, 0.717) is 10.6 Å². The van der Waals surface area contributed by atoms with E-state index < -0.39 is 5.91 Å². The number of carbonyl (C=O) groups is 2. The van der Waals surface area contributed by atoms with Gasteiger partial charge in [0.2, 0.25) is 0 Å². The molecule has 0 aliphatic carbocycles. The number of nitrogens with one attached hydrogen (secondary N) is 1. The van der Waals surface area contributed by atoms with Crippen LogP contribution in [0.3, 0.4) is 0 Å². The highest BCUT2D eigenvalue weighted by Gasteiger charge is 2.25. The zero-order valence-corrected chi connectivity index (χ0v) is 18.3. The Morgan fingerprint density at radius 3 is 2.59 bits per heavy atom. The third-order valence-electron chi connectivity index (χ3n) is 5.81. The van der Waals surface area contributed by atoms with Gasteiger partial charge in [0, 0.05) is 37.8 Å². The Hall–Kier alpha value is -3.23. The number of anilines is 1. The van der Waals surface area contributed by atoms with Gasteiger partial charge in [-0.05, 0) is 71.9 Å². The van der Waals surface area contributed by atoms with Crippen molar-refractivity contribution >= 4 is 45.6 Å². The number of carbonyl (C=O) groups excluding carboxylic acids is 2.